The molecule has 1 N–H and O–H groups in total. The second kappa shape index (κ2) is 7.67. The summed E-state index contributed by atoms with van der Waals surface area (Å²) in [5.74, 6) is -0.492. The van der Waals surface area contributed by atoms with Gasteiger partial charge in [0.25, 0.3) is 0 Å². The molecule has 6 nitrogen and oxygen atoms in total. The molecule has 0 unspecified atom stereocenters. The number of sulfone groups is 1. The molecule has 31 heavy (non-hydrogen) atoms. The molecule has 3 aromatic heterocycles. The Bertz CT molecular complexity index is 1370. The minimum Gasteiger partial charge on any atom is -0.384 e. The van der Waals surface area contributed by atoms with E-state index in [0.717, 1.165) is 21.5 Å². The molecule has 4 aromatic rings. The van der Waals surface area contributed by atoms with E-state index in [-0.39, 0.29) is 4.90 Å². The maximum atomic E-state index is 13.8. The van der Waals surface area contributed by atoms with Gasteiger partial charge in [-0.05, 0) is 49.7 Å². The van der Waals surface area contributed by atoms with E-state index in [4.69, 9.17) is 0 Å². The molecule has 4 rings (SSSR count). The lowest BCUT2D eigenvalue weighted by molar-refractivity contribution is 0.0734. The molecule has 1 aromatic carbocycles. The Morgan fingerprint density at radius 3 is 2.48 bits per heavy atom. The first-order valence-corrected chi connectivity index (χ1v) is 12.1. The van der Waals surface area contributed by atoms with Crippen molar-refractivity contribution >= 4 is 21.2 Å². The van der Waals surface area contributed by atoms with Crippen LogP contribution in [0.15, 0.2) is 65.8 Å². The molecule has 9 heteroatoms. The number of hydrogen-bond acceptors (Lipinski definition) is 6. The smallest absolute Gasteiger partial charge is 0.175 e. The van der Waals surface area contributed by atoms with Crippen LogP contribution in [0.2, 0.25) is 0 Å². The van der Waals surface area contributed by atoms with Crippen LogP contribution in [0.1, 0.15) is 19.5 Å². The molecular weight excluding hydrogens is 437 g/mol. The van der Waals surface area contributed by atoms with E-state index in [2.05, 4.69) is 10.1 Å². The SMILES string of the molecule is CC(C)(O)c1cc(-c2ccc(-c3cccc(S(C)(=O)=O)c3)s2)n(-c2cncc(F)c2)n1. The van der Waals surface area contributed by atoms with E-state index in [1.807, 2.05) is 18.2 Å². The quantitative estimate of drug-likeness (QED) is 0.479. The van der Waals surface area contributed by atoms with Gasteiger partial charge in [0.05, 0.1) is 39.2 Å². The third-order valence-electron chi connectivity index (χ3n) is 4.68. The topological polar surface area (TPSA) is 85.1 Å². The Balaban J connectivity index is 1.83. The summed E-state index contributed by atoms with van der Waals surface area (Å²) in [7, 11) is -3.32. The van der Waals surface area contributed by atoms with Gasteiger partial charge in [-0.15, -0.1) is 11.3 Å². The Labute approximate surface area is 183 Å². The van der Waals surface area contributed by atoms with Crippen LogP contribution in [0.25, 0.3) is 26.7 Å². The number of hydrogen-bond donors (Lipinski definition) is 1. The van der Waals surface area contributed by atoms with Crippen LogP contribution in [0.5, 0.6) is 0 Å². The summed E-state index contributed by atoms with van der Waals surface area (Å²) >= 11 is 1.44. The van der Waals surface area contributed by atoms with Gasteiger partial charge in [0.15, 0.2) is 9.84 Å². The van der Waals surface area contributed by atoms with Gasteiger partial charge >= 0.3 is 0 Å². The fourth-order valence-corrected chi connectivity index (χ4v) is 4.75. The molecule has 0 atom stereocenters. The number of aromatic nitrogens is 3. The minimum atomic E-state index is -3.32. The first-order chi connectivity index (χ1) is 14.5. The van der Waals surface area contributed by atoms with E-state index in [1.54, 1.807) is 42.8 Å². The number of rotatable bonds is 5. The average Bonchev–Trinajstić information content (AvgIpc) is 3.34. The molecular formula is C22H20FN3O3S2. The fraction of sp³-hybridized carbons (Fsp3) is 0.182. The lowest BCUT2D eigenvalue weighted by Gasteiger charge is -2.13. The van der Waals surface area contributed by atoms with Gasteiger partial charge in [-0.1, -0.05) is 12.1 Å². The van der Waals surface area contributed by atoms with Crippen molar-refractivity contribution in [2.75, 3.05) is 6.26 Å². The Hall–Kier alpha value is -2.88. The van der Waals surface area contributed by atoms with E-state index < -0.39 is 21.3 Å². The zero-order valence-corrected chi connectivity index (χ0v) is 18.7. The second-order valence-corrected chi connectivity index (χ2v) is 10.8. The average molecular weight is 458 g/mol. The monoisotopic (exact) mass is 457 g/mol. The van der Waals surface area contributed by atoms with Crippen LogP contribution in [0.3, 0.4) is 0 Å². The lowest BCUT2D eigenvalue weighted by Crippen LogP contribution is -2.16. The second-order valence-electron chi connectivity index (χ2n) is 7.71. The molecule has 0 saturated heterocycles. The third-order valence-corrected chi connectivity index (χ3v) is 6.94. The van der Waals surface area contributed by atoms with Gasteiger partial charge in [0.1, 0.15) is 11.4 Å². The molecule has 0 saturated carbocycles. The molecule has 0 aliphatic rings. The van der Waals surface area contributed by atoms with E-state index in [1.165, 1.54) is 29.9 Å². The summed E-state index contributed by atoms with van der Waals surface area (Å²) in [4.78, 5) is 5.85. The maximum absolute atomic E-state index is 13.8. The zero-order chi connectivity index (χ0) is 22.4. The minimum absolute atomic E-state index is 0.250. The van der Waals surface area contributed by atoms with Crippen molar-refractivity contribution < 1.29 is 17.9 Å². The summed E-state index contributed by atoms with van der Waals surface area (Å²) in [6.07, 6.45) is 3.79. The van der Waals surface area contributed by atoms with Crippen molar-refractivity contribution in [3.8, 4) is 26.7 Å². The molecule has 0 fully saturated rings. The van der Waals surface area contributed by atoms with Crippen molar-refractivity contribution in [2.45, 2.75) is 24.3 Å². The van der Waals surface area contributed by atoms with Crippen molar-refractivity contribution in [1.82, 2.24) is 14.8 Å². The van der Waals surface area contributed by atoms with Gasteiger partial charge < -0.3 is 5.11 Å². The number of nitrogens with zero attached hydrogens (tertiary/aromatic N) is 3. The van der Waals surface area contributed by atoms with Gasteiger partial charge in [0.2, 0.25) is 0 Å². The molecule has 0 spiro atoms. The number of benzene rings is 1. The number of pyridine rings is 1. The van der Waals surface area contributed by atoms with Crippen LogP contribution in [-0.4, -0.2) is 34.5 Å². The summed E-state index contributed by atoms with van der Waals surface area (Å²) in [5.41, 5.74) is 1.12. The maximum Gasteiger partial charge on any atom is 0.175 e. The fourth-order valence-electron chi connectivity index (χ4n) is 3.08. The Kier molecular flexibility index (Phi) is 5.28. The molecule has 3 heterocycles. The highest BCUT2D eigenvalue weighted by molar-refractivity contribution is 7.90. The zero-order valence-electron chi connectivity index (χ0n) is 17.1. The highest BCUT2D eigenvalue weighted by Crippen LogP contribution is 2.37. The van der Waals surface area contributed by atoms with E-state index >= 15 is 0 Å². The highest BCUT2D eigenvalue weighted by Gasteiger charge is 2.24. The number of halogens is 1. The summed E-state index contributed by atoms with van der Waals surface area (Å²) in [5, 5.41) is 14.9. The molecule has 0 radical (unpaired) electrons. The van der Waals surface area contributed by atoms with Gasteiger partial charge in [-0.2, -0.15) is 5.10 Å². The van der Waals surface area contributed by atoms with Crippen molar-refractivity contribution in [3.63, 3.8) is 0 Å². The number of aliphatic hydroxyl groups is 1. The van der Waals surface area contributed by atoms with Crippen molar-refractivity contribution in [1.29, 1.82) is 0 Å². The Morgan fingerprint density at radius 1 is 1.06 bits per heavy atom. The summed E-state index contributed by atoms with van der Waals surface area (Å²) < 4.78 is 39.1. The van der Waals surface area contributed by atoms with Crippen LogP contribution >= 0.6 is 11.3 Å². The van der Waals surface area contributed by atoms with Gasteiger partial charge in [-0.25, -0.2) is 17.5 Å². The van der Waals surface area contributed by atoms with E-state index in [0.29, 0.717) is 17.1 Å². The third kappa shape index (κ3) is 4.43. The largest absolute Gasteiger partial charge is 0.384 e. The predicted molar refractivity (Wildman–Crippen MR) is 118 cm³/mol. The van der Waals surface area contributed by atoms with Crippen molar-refractivity contribution in [3.05, 3.63) is 72.4 Å². The molecule has 0 aliphatic carbocycles. The van der Waals surface area contributed by atoms with Crippen LogP contribution in [0.4, 0.5) is 4.39 Å². The Morgan fingerprint density at radius 2 is 1.81 bits per heavy atom. The molecule has 0 aliphatic heterocycles. The molecule has 160 valence electrons. The van der Waals surface area contributed by atoms with Crippen LogP contribution in [0, 0.1) is 5.82 Å². The van der Waals surface area contributed by atoms with Crippen molar-refractivity contribution in [2.24, 2.45) is 0 Å². The number of thiophene rings is 1. The predicted octanol–water partition coefficient (Wildman–Crippen LogP) is 4.43. The highest BCUT2D eigenvalue weighted by atomic mass is 32.2. The van der Waals surface area contributed by atoms with Gasteiger partial charge in [0, 0.05) is 17.2 Å². The molecule has 0 bridgehead atoms. The normalized spacial score (nSPS) is 12.3. The lowest BCUT2D eigenvalue weighted by atomic mass is 10.1. The summed E-state index contributed by atoms with van der Waals surface area (Å²) in [6, 6.07) is 13.6. The van der Waals surface area contributed by atoms with Gasteiger partial charge in [-0.3, -0.25) is 4.98 Å². The first kappa shape index (κ1) is 21.4. The molecule has 0 amide bonds. The van der Waals surface area contributed by atoms with Crippen LogP contribution < -0.4 is 0 Å². The van der Waals surface area contributed by atoms with E-state index in [9.17, 15) is 17.9 Å². The van der Waals surface area contributed by atoms with Crippen LogP contribution in [-0.2, 0) is 15.4 Å². The first-order valence-electron chi connectivity index (χ1n) is 9.37. The standard InChI is InChI=1S/C22H20FN3O3S2/c1-22(2,27)21-11-18(26(25-21)16-10-15(23)12-24-13-16)20-8-7-19(30-20)14-5-4-6-17(9-14)31(3,28)29/h4-13,27H,1-3H3. The summed E-state index contributed by atoms with van der Waals surface area (Å²) in [6.45, 7) is 3.26.